The van der Waals surface area contributed by atoms with Gasteiger partial charge in [0.15, 0.2) is 11.0 Å². The van der Waals surface area contributed by atoms with Crippen molar-refractivity contribution in [2.24, 2.45) is 0 Å². The summed E-state index contributed by atoms with van der Waals surface area (Å²) in [6.07, 6.45) is 1.74. The van der Waals surface area contributed by atoms with Crippen LogP contribution in [0.15, 0.2) is 60.3 Å². The molecule has 1 heterocycles. The number of halogens is 2. The first kappa shape index (κ1) is 22.2. The van der Waals surface area contributed by atoms with Crippen LogP contribution in [0.2, 0.25) is 10.0 Å². The molecule has 1 aromatic heterocycles. The predicted octanol–water partition coefficient (Wildman–Crippen LogP) is 5.39. The van der Waals surface area contributed by atoms with Crippen LogP contribution in [0.4, 0.5) is 5.69 Å². The number of anilines is 1. The lowest BCUT2D eigenvalue weighted by Crippen LogP contribution is -2.15. The second kappa shape index (κ2) is 10.5. The fourth-order valence-corrected chi connectivity index (χ4v) is 3.88. The van der Waals surface area contributed by atoms with Crippen molar-refractivity contribution in [3.8, 4) is 5.75 Å². The first-order valence-electron chi connectivity index (χ1n) is 9.07. The van der Waals surface area contributed by atoms with Crippen molar-refractivity contribution in [2.75, 3.05) is 11.1 Å². The number of hydrogen-bond acceptors (Lipinski definition) is 5. The number of benzene rings is 2. The molecule has 0 aliphatic carbocycles. The summed E-state index contributed by atoms with van der Waals surface area (Å²) < 4.78 is 7.69. The number of carbonyl (C=O) groups excluding carboxylic acids is 1. The van der Waals surface area contributed by atoms with Crippen LogP contribution in [0.3, 0.4) is 0 Å². The van der Waals surface area contributed by atoms with E-state index >= 15 is 0 Å². The molecule has 0 saturated carbocycles. The molecule has 0 saturated heterocycles. The Bertz CT molecular complexity index is 1030. The standard InChI is InChI=1S/C21H20Cl2N4O2S/c1-3-10-27-18(12-29-15-7-4-6-14(2)11-15)25-26-21(27)30-13-19(28)24-20-16(22)8-5-9-17(20)23/h3-9,11H,1,10,12-13H2,2H3,(H,24,28). The van der Waals surface area contributed by atoms with E-state index in [-0.39, 0.29) is 18.3 Å². The Morgan fingerprint density at radius 2 is 1.97 bits per heavy atom. The molecule has 1 amide bonds. The van der Waals surface area contributed by atoms with Gasteiger partial charge in [0, 0.05) is 6.54 Å². The molecule has 0 spiro atoms. The molecule has 6 nitrogen and oxygen atoms in total. The number of nitrogens with one attached hydrogen (secondary N) is 1. The molecule has 0 aliphatic rings. The number of ether oxygens (including phenoxy) is 1. The van der Waals surface area contributed by atoms with Gasteiger partial charge in [-0.3, -0.25) is 9.36 Å². The van der Waals surface area contributed by atoms with Gasteiger partial charge in [0.25, 0.3) is 0 Å². The number of hydrogen-bond donors (Lipinski definition) is 1. The highest BCUT2D eigenvalue weighted by atomic mass is 35.5. The summed E-state index contributed by atoms with van der Waals surface area (Å²) in [5, 5.41) is 12.5. The summed E-state index contributed by atoms with van der Waals surface area (Å²) in [6.45, 7) is 6.54. The lowest BCUT2D eigenvalue weighted by atomic mass is 10.2. The first-order chi connectivity index (χ1) is 14.5. The normalized spacial score (nSPS) is 10.6. The van der Waals surface area contributed by atoms with E-state index in [4.69, 9.17) is 27.9 Å². The lowest BCUT2D eigenvalue weighted by molar-refractivity contribution is -0.113. The van der Waals surface area contributed by atoms with Crippen LogP contribution >= 0.6 is 35.0 Å². The van der Waals surface area contributed by atoms with Crippen LogP contribution in [0.5, 0.6) is 5.75 Å². The molecule has 0 aliphatic heterocycles. The van der Waals surface area contributed by atoms with Crippen LogP contribution in [-0.2, 0) is 17.9 Å². The minimum atomic E-state index is -0.249. The van der Waals surface area contributed by atoms with Crippen LogP contribution in [0.25, 0.3) is 0 Å². The molecule has 9 heteroatoms. The van der Waals surface area contributed by atoms with Gasteiger partial charge >= 0.3 is 0 Å². The van der Waals surface area contributed by atoms with Crippen molar-refractivity contribution in [2.45, 2.75) is 25.2 Å². The quantitative estimate of drug-likeness (QED) is 0.341. The van der Waals surface area contributed by atoms with Gasteiger partial charge in [-0.05, 0) is 36.8 Å². The Hall–Kier alpha value is -2.48. The Kier molecular flexibility index (Phi) is 7.79. The maximum absolute atomic E-state index is 12.4. The van der Waals surface area contributed by atoms with Gasteiger partial charge in [0.1, 0.15) is 12.4 Å². The summed E-state index contributed by atoms with van der Waals surface area (Å²) in [5.74, 6) is 1.28. The second-order valence-electron chi connectivity index (χ2n) is 6.34. The number of aryl methyl sites for hydroxylation is 1. The van der Waals surface area contributed by atoms with Gasteiger partial charge in [0.05, 0.1) is 21.5 Å². The molecule has 156 valence electrons. The first-order valence-corrected chi connectivity index (χ1v) is 10.8. The molecule has 0 bridgehead atoms. The number of aromatic nitrogens is 3. The Labute approximate surface area is 189 Å². The van der Waals surface area contributed by atoms with Crippen molar-refractivity contribution in [1.29, 1.82) is 0 Å². The van der Waals surface area contributed by atoms with Crippen molar-refractivity contribution in [3.63, 3.8) is 0 Å². The zero-order chi connectivity index (χ0) is 21.5. The summed E-state index contributed by atoms with van der Waals surface area (Å²) in [5.41, 5.74) is 1.51. The van der Waals surface area contributed by atoms with Crippen molar-refractivity contribution in [1.82, 2.24) is 14.8 Å². The van der Waals surface area contributed by atoms with Gasteiger partial charge in [-0.2, -0.15) is 0 Å². The average molecular weight is 463 g/mol. The molecule has 0 atom stereocenters. The fourth-order valence-electron chi connectivity index (χ4n) is 2.62. The zero-order valence-corrected chi connectivity index (χ0v) is 18.6. The smallest absolute Gasteiger partial charge is 0.234 e. The van der Waals surface area contributed by atoms with E-state index in [1.54, 1.807) is 24.3 Å². The van der Waals surface area contributed by atoms with E-state index in [0.717, 1.165) is 11.3 Å². The topological polar surface area (TPSA) is 69.0 Å². The zero-order valence-electron chi connectivity index (χ0n) is 16.3. The van der Waals surface area contributed by atoms with Gasteiger partial charge in [-0.15, -0.1) is 16.8 Å². The number of allylic oxidation sites excluding steroid dienone is 1. The highest BCUT2D eigenvalue weighted by molar-refractivity contribution is 7.99. The van der Waals surface area contributed by atoms with Crippen LogP contribution in [-0.4, -0.2) is 26.4 Å². The average Bonchev–Trinajstić information content (AvgIpc) is 3.10. The number of nitrogens with zero attached hydrogens (tertiary/aromatic N) is 3. The minimum absolute atomic E-state index is 0.121. The molecule has 0 radical (unpaired) electrons. The Morgan fingerprint density at radius 1 is 1.23 bits per heavy atom. The summed E-state index contributed by atoms with van der Waals surface area (Å²) in [4.78, 5) is 12.4. The Balaban J connectivity index is 1.64. The third-order valence-corrected chi connectivity index (χ3v) is 5.62. The van der Waals surface area contributed by atoms with Gasteiger partial charge in [0.2, 0.25) is 5.91 Å². The molecule has 0 unspecified atom stereocenters. The van der Waals surface area contributed by atoms with Crippen LogP contribution in [0, 0.1) is 6.92 Å². The number of carbonyl (C=O) groups is 1. The summed E-state index contributed by atoms with van der Waals surface area (Å²) in [6, 6.07) is 12.8. The number of rotatable bonds is 9. The van der Waals surface area contributed by atoms with Crippen LogP contribution < -0.4 is 10.1 Å². The van der Waals surface area contributed by atoms with Crippen molar-refractivity contribution >= 4 is 46.6 Å². The maximum atomic E-state index is 12.4. The van der Waals surface area contributed by atoms with Gasteiger partial charge in [-0.25, -0.2) is 0 Å². The third kappa shape index (κ3) is 5.78. The van der Waals surface area contributed by atoms with E-state index in [1.807, 2.05) is 35.8 Å². The number of amides is 1. The highest BCUT2D eigenvalue weighted by Crippen LogP contribution is 2.30. The maximum Gasteiger partial charge on any atom is 0.234 e. The molecule has 0 fully saturated rings. The molecule has 30 heavy (non-hydrogen) atoms. The molecule has 1 N–H and O–H groups in total. The van der Waals surface area contributed by atoms with Gasteiger partial charge < -0.3 is 10.1 Å². The van der Waals surface area contributed by atoms with E-state index in [2.05, 4.69) is 22.1 Å². The fraction of sp³-hybridized carbons (Fsp3) is 0.190. The molecule has 2 aromatic carbocycles. The second-order valence-corrected chi connectivity index (χ2v) is 8.09. The van der Waals surface area contributed by atoms with E-state index in [0.29, 0.717) is 33.3 Å². The molecular formula is C21H20Cl2N4O2S. The van der Waals surface area contributed by atoms with Crippen molar-refractivity contribution in [3.05, 3.63) is 76.6 Å². The largest absolute Gasteiger partial charge is 0.486 e. The van der Waals surface area contributed by atoms with Crippen molar-refractivity contribution < 1.29 is 9.53 Å². The van der Waals surface area contributed by atoms with Gasteiger partial charge in [-0.1, -0.05) is 59.2 Å². The molecule has 3 aromatic rings. The summed E-state index contributed by atoms with van der Waals surface area (Å²) in [7, 11) is 0. The highest BCUT2D eigenvalue weighted by Gasteiger charge is 2.15. The molecular weight excluding hydrogens is 443 g/mol. The Morgan fingerprint density at radius 3 is 2.67 bits per heavy atom. The van der Waals surface area contributed by atoms with E-state index in [1.165, 1.54) is 11.8 Å². The van der Waals surface area contributed by atoms with E-state index < -0.39 is 0 Å². The SMILES string of the molecule is C=CCn1c(COc2cccc(C)c2)nnc1SCC(=O)Nc1c(Cl)cccc1Cl. The number of thioether (sulfide) groups is 1. The monoisotopic (exact) mass is 462 g/mol. The summed E-state index contributed by atoms with van der Waals surface area (Å²) >= 11 is 13.5. The van der Waals surface area contributed by atoms with E-state index in [9.17, 15) is 4.79 Å². The van der Waals surface area contributed by atoms with Crippen LogP contribution in [0.1, 0.15) is 11.4 Å². The number of para-hydroxylation sites is 1. The lowest BCUT2D eigenvalue weighted by Gasteiger charge is -2.10. The minimum Gasteiger partial charge on any atom is -0.486 e. The third-order valence-electron chi connectivity index (χ3n) is 4.02. The molecule has 3 rings (SSSR count). The predicted molar refractivity (Wildman–Crippen MR) is 122 cm³/mol.